The number of aryl methyl sites for hydroxylation is 1. The molecule has 0 aliphatic carbocycles. The molecule has 2 amide bonds. The fourth-order valence-electron chi connectivity index (χ4n) is 3.38. The molecule has 1 aliphatic heterocycles. The summed E-state index contributed by atoms with van der Waals surface area (Å²) >= 11 is 6.13. The van der Waals surface area contributed by atoms with Gasteiger partial charge in [0.25, 0.3) is 0 Å². The zero-order chi connectivity index (χ0) is 19.7. The molecule has 4 rings (SSSR count). The third kappa shape index (κ3) is 3.98. The summed E-state index contributed by atoms with van der Waals surface area (Å²) in [6, 6.07) is 11.5. The largest absolute Gasteiger partial charge is 0.439 e. The van der Waals surface area contributed by atoms with Crippen LogP contribution in [-0.4, -0.2) is 47.0 Å². The first-order chi connectivity index (χ1) is 13.5. The first-order valence-corrected chi connectivity index (χ1v) is 9.77. The molecule has 1 N–H and O–H groups in total. The number of oxazole rings is 1. The van der Waals surface area contributed by atoms with Crippen molar-refractivity contribution in [3.63, 3.8) is 0 Å². The van der Waals surface area contributed by atoms with E-state index >= 15 is 0 Å². The molecule has 1 aromatic heterocycles. The van der Waals surface area contributed by atoms with Gasteiger partial charge in [0, 0.05) is 36.9 Å². The fourth-order valence-corrected chi connectivity index (χ4v) is 3.56. The predicted molar refractivity (Wildman–Crippen MR) is 111 cm³/mol. The second-order valence-corrected chi connectivity index (χ2v) is 7.59. The van der Waals surface area contributed by atoms with Crippen LogP contribution in [0.2, 0.25) is 5.02 Å². The smallest absolute Gasteiger partial charge is 0.321 e. The number of piperazine rings is 1. The lowest BCUT2D eigenvalue weighted by Gasteiger charge is -2.34. The fraction of sp³-hybridized carbons (Fsp3) is 0.333. The highest BCUT2D eigenvalue weighted by Gasteiger charge is 2.23. The molecule has 2 heterocycles. The van der Waals surface area contributed by atoms with Crippen molar-refractivity contribution in [2.75, 3.05) is 31.5 Å². The SMILES string of the molecule is Cc1ccc2nc(CN3CCN(C(=O)Nc4cccc(Cl)c4C)CC3)oc2c1. The van der Waals surface area contributed by atoms with Crippen molar-refractivity contribution in [2.24, 2.45) is 0 Å². The average molecular weight is 399 g/mol. The van der Waals surface area contributed by atoms with Gasteiger partial charge in [0.05, 0.1) is 6.54 Å². The van der Waals surface area contributed by atoms with Gasteiger partial charge in [0.2, 0.25) is 5.89 Å². The molecule has 2 aromatic carbocycles. The summed E-state index contributed by atoms with van der Waals surface area (Å²) in [7, 11) is 0. The lowest BCUT2D eigenvalue weighted by atomic mass is 10.2. The predicted octanol–water partition coefficient (Wildman–Crippen LogP) is 4.45. The van der Waals surface area contributed by atoms with Crippen molar-refractivity contribution in [3.8, 4) is 0 Å². The van der Waals surface area contributed by atoms with Gasteiger partial charge in [-0.2, -0.15) is 0 Å². The molecule has 7 heteroatoms. The Hall–Kier alpha value is -2.57. The number of urea groups is 1. The number of carbonyl (C=O) groups is 1. The van der Waals surface area contributed by atoms with E-state index in [0.29, 0.717) is 30.5 Å². The van der Waals surface area contributed by atoms with Crippen LogP contribution in [0.4, 0.5) is 10.5 Å². The summed E-state index contributed by atoms with van der Waals surface area (Å²) in [6.45, 7) is 7.46. The zero-order valence-corrected chi connectivity index (χ0v) is 16.8. The van der Waals surface area contributed by atoms with Crippen molar-refractivity contribution >= 4 is 34.4 Å². The van der Waals surface area contributed by atoms with E-state index in [2.05, 4.69) is 15.2 Å². The van der Waals surface area contributed by atoms with Gasteiger partial charge >= 0.3 is 6.03 Å². The Balaban J connectivity index is 1.33. The molecule has 0 atom stereocenters. The van der Waals surface area contributed by atoms with E-state index in [1.165, 1.54) is 0 Å². The van der Waals surface area contributed by atoms with Crippen LogP contribution in [0, 0.1) is 13.8 Å². The van der Waals surface area contributed by atoms with Gasteiger partial charge in [-0.25, -0.2) is 9.78 Å². The highest BCUT2D eigenvalue weighted by atomic mass is 35.5. The van der Waals surface area contributed by atoms with Gasteiger partial charge in [-0.05, 0) is 49.2 Å². The molecule has 0 radical (unpaired) electrons. The van der Waals surface area contributed by atoms with E-state index in [0.717, 1.165) is 41.0 Å². The van der Waals surface area contributed by atoms with Gasteiger partial charge in [0.1, 0.15) is 5.52 Å². The lowest BCUT2D eigenvalue weighted by Crippen LogP contribution is -2.49. The number of rotatable bonds is 3. The Morgan fingerprint density at radius 1 is 1.18 bits per heavy atom. The van der Waals surface area contributed by atoms with Crippen LogP contribution >= 0.6 is 11.6 Å². The number of carbonyl (C=O) groups excluding carboxylic acids is 1. The molecular weight excluding hydrogens is 376 g/mol. The maximum absolute atomic E-state index is 12.6. The van der Waals surface area contributed by atoms with Crippen LogP contribution in [-0.2, 0) is 6.54 Å². The number of nitrogens with one attached hydrogen (secondary N) is 1. The summed E-state index contributed by atoms with van der Waals surface area (Å²) < 4.78 is 5.87. The topological polar surface area (TPSA) is 61.6 Å². The van der Waals surface area contributed by atoms with Crippen molar-refractivity contribution in [1.82, 2.24) is 14.8 Å². The van der Waals surface area contributed by atoms with E-state index in [1.807, 2.05) is 55.1 Å². The molecule has 0 saturated carbocycles. The van der Waals surface area contributed by atoms with Crippen molar-refractivity contribution in [1.29, 1.82) is 0 Å². The summed E-state index contributed by atoms with van der Waals surface area (Å²) in [4.78, 5) is 21.2. The van der Waals surface area contributed by atoms with Crippen LogP contribution in [0.5, 0.6) is 0 Å². The van der Waals surface area contributed by atoms with Crippen LogP contribution in [0.15, 0.2) is 40.8 Å². The van der Waals surface area contributed by atoms with Crippen LogP contribution in [0.3, 0.4) is 0 Å². The van der Waals surface area contributed by atoms with E-state index in [4.69, 9.17) is 16.0 Å². The minimum atomic E-state index is -0.0950. The number of amides is 2. The number of fused-ring (bicyclic) bond motifs is 1. The molecule has 0 spiro atoms. The Kier molecular flexibility index (Phi) is 5.24. The maximum Gasteiger partial charge on any atom is 0.321 e. The number of benzene rings is 2. The number of anilines is 1. The number of halogens is 1. The minimum absolute atomic E-state index is 0.0950. The third-order valence-electron chi connectivity index (χ3n) is 5.12. The van der Waals surface area contributed by atoms with Crippen LogP contribution in [0.1, 0.15) is 17.0 Å². The first kappa shape index (κ1) is 18.8. The molecule has 28 heavy (non-hydrogen) atoms. The molecular formula is C21H23ClN4O2. The quantitative estimate of drug-likeness (QED) is 0.708. The molecule has 1 aliphatic rings. The highest BCUT2D eigenvalue weighted by Crippen LogP contribution is 2.23. The molecule has 3 aromatic rings. The van der Waals surface area contributed by atoms with Crippen LogP contribution < -0.4 is 5.32 Å². The second kappa shape index (κ2) is 7.81. The van der Waals surface area contributed by atoms with E-state index in [1.54, 1.807) is 0 Å². The summed E-state index contributed by atoms with van der Waals surface area (Å²) in [5.74, 6) is 0.716. The Labute approximate surface area is 169 Å². The lowest BCUT2D eigenvalue weighted by molar-refractivity contribution is 0.136. The number of hydrogen-bond donors (Lipinski definition) is 1. The third-order valence-corrected chi connectivity index (χ3v) is 5.53. The van der Waals surface area contributed by atoms with Gasteiger partial charge in [-0.15, -0.1) is 0 Å². The van der Waals surface area contributed by atoms with E-state index in [9.17, 15) is 4.79 Å². The van der Waals surface area contributed by atoms with Crippen molar-refractivity contribution in [3.05, 3.63) is 58.4 Å². The van der Waals surface area contributed by atoms with E-state index < -0.39 is 0 Å². The molecule has 0 bridgehead atoms. The first-order valence-electron chi connectivity index (χ1n) is 9.39. The molecule has 1 fully saturated rings. The standard InChI is InChI=1S/C21H23ClN4O2/c1-14-6-7-18-19(12-14)28-20(23-18)13-25-8-10-26(11-9-25)21(27)24-17-5-3-4-16(22)15(17)2/h3-7,12H,8-11,13H2,1-2H3,(H,24,27). The van der Waals surface area contributed by atoms with Gasteiger partial charge in [0.15, 0.2) is 5.58 Å². The minimum Gasteiger partial charge on any atom is -0.439 e. The van der Waals surface area contributed by atoms with Gasteiger partial charge in [-0.3, -0.25) is 4.90 Å². The summed E-state index contributed by atoms with van der Waals surface area (Å²) in [5.41, 5.74) is 4.49. The van der Waals surface area contributed by atoms with E-state index in [-0.39, 0.29) is 6.03 Å². The van der Waals surface area contributed by atoms with Gasteiger partial charge in [-0.1, -0.05) is 23.7 Å². The molecule has 1 saturated heterocycles. The molecule has 0 unspecified atom stereocenters. The zero-order valence-electron chi connectivity index (χ0n) is 16.0. The van der Waals surface area contributed by atoms with Crippen LogP contribution in [0.25, 0.3) is 11.1 Å². The monoisotopic (exact) mass is 398 g/mol. The van der Waals surface area contributed by atoms with Crippen molar-refractivity contribution < 1.29 is 9.21 Å². The normalized spacial score (nSPS) is 15.2. The summed E-state index contributed by atoms with van der Waals surface area (Å²) in [5, 5.41) is 3.61. The molecule has 6 nitrogen and oxygen atoms in total. The number of nitrogens with zero attached hydrogens (tertiary/aromatic N) is 3. The maximum atomic E-state index is 12.6. The number of aromatic nitrogens is 1. The summed E-state index contributed by atoms with van der Waals surface area (Å²) in [6.07, 6.45) is 0. The Morgan fingerprint density at radius 3 is 2.75 bits per heavy atom. The Morgan fingerprint density at radius 2 is 1.96 bits per heavy atom. The number of hydrogen-bond acceptors (Lipinski definition) is 4. The highest BCUT2D eigenvalue weighted by molar-refractivity contribution is 6.31. The second-order valence-electron chi connectivity index (χ2n) is 7.18. The average Bonchev–Trinajstić information content (AvgIpc) is 3.07. The molecule has 146 valence electrons. The van der Waals surface area contributed by atoms with Gasteiger partial charge < -0.3 is 14.6 Å². The Bertz CT molecular complexity index is 1010. The van der Waals surface area contributed by atoms with Crippen molar-refractivity contribution in [2.45, 2.75) is 20.4 Å².